The second kappa shape index (κ2) is 12.4. The first-order valence-electron chi connectivity index (χ1n) is 10.7. The van der Waals surface area contributed by atoms with Crippen molar-refractivity contribution in [3.63, 3.8) is 0 Å². The number of nitrogens with zero attached hydrogens (tertiary/aromatic N) is 2. The molecule has 0 saturated carbocycles. The first-order chi connectivity index (χ1) is 14.0. The highest BCUT2D eigenvalue weighted by molar-refractivity contribution is 5.88. The zero-order valence-corrected chi connectivity index (χ0v) is 18.3. The van der Waals surface area contributed by atoms with Crippen molar-refractivity contribution in [3.05, 3.63) is 29.8 Å². The van der Waals surface area contributed by atoms with E-state index in [0.29, 0.717) is 18.5 Å². The minimum absolute atomic E-state index is 0.0695. The minimum atomic E-state index is -0.0695. The summed E-state index contributed by atoms with van der Waals surface area (Å²) in [7, 11) is 0. The Morgan fingerprint density at radius 3 is 2.66 bits per heavy atom. The van der Waals surface area contributed by atoms with Crippen molar-refractivity contribution < 1.29 is 9.53 Å². The van der Waals surface area contributed by atoms with Crippen LogP contribution in [0.3, 0.4) is 0 Å². The summed E-state index contributed by atoms with van der Waals surface area (Å²) in [6, 6.07) is 8.27. The van der Waals surface area contributed by atoms with Crippen LogP contribution in [0.15, 0.2) is 29.3 Å². The van der Waals surface area contributed by atoms with Gasteiger partial charge < -0.3 is 20.7 Å². The van der Waals surface area contributed by atoms with Crippen LogP contribution in [0.4, 0.5) is 5.69 Å². The van der Waals surface area contributed by atoms with Crippen molar-refractivity contribution in [2.24, 2.45) is 10.9 Å². The molecule has 3 N–H and O–H groups in total. The van der Waals surface area contributed by atoms with Gasteiger partial charge in [0.1, 0.15) is 0 Å². The van der Waals surface area contributed by atoms with Gasteiger partial charge in [0.05, 0.1) is 19.8 Å². The highest BCUT2D eigenvalue weighted by atomic mass is 16.5. The van der Waals surface area contributed by atoms with E-state index in [1.165, 1.54) is 6.92 Å². The molecule has 1 fully saturated rings. The van der Waals surface area contributed by atoms with Crippen LogP contribution in [0.1, 0.15) is 39.7 Å². The average Bonchev–Trinajstić information content (AvgIpc) is 2.69. The first-order valence-corrected chi connectivity index (χ1v) is 10.7. The maximum atomic E-state index is 11.3. The summed E-state index contributed by atoms with van der Waals surface area (Å²) >= 11 is 0. The number of hydrogen-bond donors (Lipinski definition) is 3. The van der Waals surface area contributed by atoms with Crippen LogP contribution in [0.5, 0.6) is 0 Å². The van der Waals surface area contributed by atoms with E-state index in [2.05, 4.69) is 41.6 Å². The molecular formula is C22H37N5O2. The van der Waals surface area contributed by atoms with Gasteiger partial charge in [0, 0.05) is 44.8 Å². The molecule has 1 aliphatic heterocycles. The quantitative estimate of drug-likeness (QED) is 0.436. The lowest BCUT2D eigenvalue weighted by atomic mass is 10.0. The molecule has 0 aromatic heterocycles. The van der Waals surface area contributed by atoms with Crippen molar-refractivity contribution in [1.29, 1.82) is 0 Å². The van der Waals surface area contributed by atoms with Crippen molar-refractivity contribution >= 4 is 17.6 Å². The molecule has 1 atom stereocenters. The van der Waals surface area contributed by atoms with E-state index in [1.807, 2.05) is 24.3 Å². The Labute approximate surface area is 175 Å². The van der Waals surface area contributed by atoms with Crippen LogP contribution in [0.2, 0.25) is 0 Å². The van der Waals surface area contributed by atoms with Crippen LogP contribution < -0.4 is 16.0 Å². The maximum absolute atomic E-state index is 11.3. The Kier molecular flexibility index (Phi) is 9.94. The van der Waals surface area contributed by atoms with Gasteiger partial charge in [-0.1, -0.05) is 26.0 Å². The lowest BCUT2D eigenvalue weighted by Gasteiger charge is -2.35. The van der Waals surface area contributed by atoms with Gasteiger partial charge in [-0.2, -0.15) is 0 Å². The van der Waals surface area contributed by atoms with Gasteiger partial charge in [-0.25, -0.2) is 4.99 Å². The number of guanidine groups is 1. The molecule has 1 aliphatic rings. The normalized spacial score (nSPS) is 16.5. The van der Waals surface area contributed by atoms with Gasteiger partial charge in [-0.3, -0.25) is 9.69 Å². The summed E-state index contributed by atoms with van der Waals surface area (Å²) in [6.45, 7) is 14.0. The zero-order valence-electron chi connectivity index (χ0n) is 18.3. The van der Waals surface area contributed by atoms with Crippen LogP contribution in [0.25, 0.3) is 0 Å². The van der Waals surface area contributed by atoms with E-state index >= 15 is 0 Å². The maximum Gasteiger partial charge on any atom is 0.221 e. The van der Waals surface area contributed by atoms with Crippen LogP contribution in [-0.4, -0.2) is 62.2 Å². The number of rotatable bonds is 9. The highest BCUT2D eigenvalue weighted by Crippen LogP contribution is 2.13. The number of benzene rings is 1. The molecule has 1 aromatic carbocycles. The van der Waals surface area contributed by atoms with Crippen LogP contribution in [0, 0.1) is 5.92 Å². The molecule has 0 spiro atoms. The third-order valence-electron chi connectivity index (χ3n) is 4.82. The Morgan fingerprint density at radius 2 is 2.00 bits per heavy atom. The number of carbonyl (C=O) groups excluding carboxylic acids is 1. The molecule has 1 saturated heterocycles. The summed E-state index contributed by atoms with van der Waals surface area (Å²) in [5, 5.41) is 9.68. The molecule has 29 heavy (non-hydrogen) atoms. The first kappa shape index (κ1) is 23.2. The number of hydrogen-bond acceptors (Lipinski definition) is 4. The Balaban J connectivity index is 1.98. The molecule has 7 nitrogen and oxygen atoms in total. The fourth-order valence-electron chi connectivity index (χ4n) is 3.53. The third-order valence-corrected chi connectivity index (χ3v) is 4.82. The predicted molar refractivity (Wildman–Crippen MR) is 119 cm³/mol. The average molecular weight is 404 g/mol. The number of nitrogens with one attached hydrogen (secondary N) is 3. The van der Waals surface area contributed by atoms with Gasteiger partial charge in [-0.15, -0.1) is 0 Å². The molecule has 0 aliphatic carbocycles. The second-order valence-electron chi connectivity index (χ2n) is 7.89. The van der Waals surface area contributed by atoms with E-state index in [9.17, 15) is 4.79 Å². The van der Waals surface area contributed by atoms with E-state index in [0.717, 1.165) is 63.0 Å². The number of morpholine rings is 1. The van der Waals surface area contributed by atoms with Gasteiger partial charge in [-0.05, 0) is 37.0 Å². The largest absolute Gasteiger partial charge is 0.379 e. The summed E-state index contributed by atoms with van der Waals surface area (Å²) in [6.07, 6.45) is 1.14. The van der Waals surface area contributed by atoms with Gasteiger partial charge in [0.25, 0.3) is 0 Å². The SMILES string of the molecule is CCNC(=NCc1cccc(NC(C)=O)c1)NCC(CC(C)C)N1CCOCC1. The summed E-state index contributed by atoms with van der Waals surface area (Å²) in [5.41, 5.74) is 1.85. The molecule has 0 radical (unpaired) electrons. The fourth-order valence-corrected chi connectivity index (χ4v) is 3.53. The Hall–Kier alpha value is -2.12. The van der Waals surface area contributed by atoms with Gasteiger partial charge in [0.2, 0.25) is 5.91 Å². The topological polar surface area (TPSA) is 78.0 Å². The molecular weight excluding hydrogens is 366 g/mol. The number of ether oxygens (including phenoxy) is 1. The number of aliphatic imine (C=N–C) groups is 1. The molecule has 1 aromatic rings. The Bertz CT molecular complexity index is 656. The van der Waals surface area contributed by atoms with Crippen LogP contribution >= 0.6 is 0 Å². The molecule has 1 heterocycles. The van der Waals surface area contributed by atoms with Crippen molar-refractivity contribution in [2.75, 3.05) is 44.7 Å². The van der Waals surface area contributed by atoms with E-state index in [1.54, 1.807) is 0 Å². The molecule has 7 heteroatoms. The molecule has 162 valence electrons. The van der Waals surface area contributed by atoms with Crippen molar-refractivity contribution in [1.82, 2.24) is 15.5 Å². The van der Waals surface area contributed by atoms with Crippen molar-refractivity contribution in [2.45, 2.75) is 46.7 Å². The highest BCUT2D eigenvalue weighted by Gasteiger charge is 2.22. The monoisotopic (exact) mass is 403 g/mol. The molecule has 1 unspecified atom stereocenters. The number of anilines is 1. The summed E-state index contributed by atoms with van der Waals surface area (Å²) in [4.78, 5) is 18.5. The molecule has 1 amide bonds. The smallest absolute Gasteiger partial charge is 0.221 e. The molecule has 0 bridgehead atoms. The van der Waals surface area contributed by atoms with E-state index in [4.69, 9.17) is 9.73 Å². The van der Waals surface area contributed by atoms with Crippen LogP contribution in [-0.2, 0) is 16.1 Å². The minimum Gasteiger partial charge on any atom is -0.379 e. The van der Waals surface area contributed by atoms with Gasteiger partial charge >= 0.3 is 0 Å². The van der Waals surface area contributed by atoms with Gasteiger partial charge in [0.15, 0.2) is 5.96 Å². The zero-order chi connectivity index (χ0) is 21.1. The lowest BCUT2D eigenvalue weighted by Crippen LogP contribution is -2.51. The number of carbonyl (C=O) groups is 1. The Morgan fingerprint density at radius 1 is 1.24 bits per heavy atom. The predicted octanol–water partition coefficient (Wildman–Crippen LogP) is 2.45. The molecule has 2 rings (SSSR count). The van der Waals surface area contributed by atoms with E-state index < -0.39 is 0 Å². The standard InChI is InChI=1S/C22H37N5O2/c1-5-23-22(24-15-19-7-6-8-20(14-19)26-18(4)28)25-16-21(13-17(2)3)27-9-11-29-12-10-27/h6-8,14,17,21H,5,9-13,15-16H2,1-4H3,(H,26,28)(H2,23,24,25). The number of amides is 1. The summed E-state index contributed by atoms with van der Waals surface area (Å²) in [5.74, 6) is 1.39. The third kappa shape index (κ3) is 8.83. The van der Waals surface area contributed by atoms with E-state index in [-0.39, 0.29) is 5.91 Å². The summed E-state index contributed by atoms with van der Waals surface area (Å²) < 4.78 is 5.52. The lowest BCUT2D eigenvalue weighted by molar-refractivity contribution is -0.114. The fraction of sp³-hybridized carbons (Fsp3) is 0.636. The second-order valence-corrected chi connectivity index (χ2v) is 7.89. The van der Waals surface area contributed by atoms with Crippen molar-refractivity contribution in [3.8, 4) is 0 Å².